The maximum Gasteiger partial charge on any atom is 0.411 e. The summed E-state index contributed by atoms with van der Waals surface area (Å²) in [7, 11) is 0. The minimum Gasteiger partial charge on any atom is -0.487 e. The fourth-order valence-corrected chi connectivity index (χ4v) is 3.62. The first-order valence-corrected chi connectivity index (χ1v) is 8.98. The van der Waals surface area contributed by atoms with Gasteiger partial charge in [0.1, 0.15) is 13.2 Å². The van der Waals surface area contributed by atoms with Gasteiger partial charge in [0, 0.05) is 11.6 Å². The molecule has 0 aliphatic carbocycles. The molecule has 1 N–H and O–H groups in total. The number of thiazole rings is 1. The summed E-state index contributed by atoms with van der Waals surface area (Å²) in [6.07, 6.45) is 0.411. The van der Waals surface area contributed by atoms with Gasteiger partial charge in [-0.25, -0.2) is 19.2 Å². The van der Waals surface area contributed by atoms with Crippen LogP contribution >= 0.6 is 27.3 Å². The Morgan fingerprint density at radius 3 is 2.88 bits per heavy atom. The molecular formula is C16H12BrF2N3O3S. The molecule has 2 aromatic heterocycles. The number of anilines is 1. The number of amides is 1. The van der Waals surface area contributed by atoms with Crippen LogP contribution in [0.1, 0.15) is 5.56 Å². The molecule has 0 radical (unpaired) electrons. The number of nitrogens with zero attached hydrogens (tertiary/aromatic N) is 2. The summed E-state index contributed by atoms with van der Waals surface area (Å²) in [5.41, 5.74) is 1.26. The van der Waals surface area contributed by atoms with Gasteiger partial charge in [-0.05, 0) is 35.0 Å². The van der Waals surface area contributed by atoms with Crippen molar-refractivity contribution < 1.29 is 23.0 Å². The third kappa shape index (κ3) is 4.25. The van der Waals surface area contributed by atoms with Crippen molar-refractivity contribution in [2.24, 2.45) is 0 Å². The second-order valence-electron chi connectivity index (χ2n) is 5.11. The van der Waals surface area contributed by atoms with E-state index >= 15 is 0 Å². The number of hydrogen-bond donors (Lipinski definition) is 1. The van der Waals surface area contributed by atoms with Crippen molar-refractivity contribution in [3.05, 3.63) is 45.6 Å². The van der Waals surface area contributed by atoms with Crippen LogP contribution < -0.4 is 10.1 Å². The van der Waals surface area contributed by atoms with Crippen LogP contribution in [0.4, 0.5) is 19.3 Å². The largest absolute Gasteiger partial charge is 0.487 e. The average molecular weight is 444 g/mol. The molecule has 136 valence electrons. The van der Waals surface area contributed by atoms with E-state index in [1.165, 1.54) is 17.4 Å². The molecule has 0 spiro atoms. The molecule has 0 saturated carbocycles. The molecule has 1 aromatic carbocycles. The Morgan fingerprint density at radius 2 is 2.15 bits per heavy atom. The van der Waals surface area contributed by atoms with E-state index in [1.54, 1.807) is 13.0 Å². The molecule has 0 aliphatic heterocycles. The first kappa shape index (κ1) is 18.5. The van der Waals surface area contributed by atoms with Crippen LogP contribution in [-0.2, 0) is 4.74 Å². The van der Waals surface area contributed by atoms with Crippen molar-refractivity contribution in [3.8, 4) is 5.75 Å². The molecular weight excluding hydrogens is 432 g/mol. The summed E-state index contributed by atoms with van der Waals surface area (Å²) < 4.78 is 38.7. The first-order chi connectivity index (χ1) is 12.4. The van der Waals surface area contributed by atoms with Gasteiger partial charge in [-0.2, -0.15) is 4.39 Å². The lowest BCUT2D eigenvalue weighted by Crippen LogP contribution is -2.18. The third-order valence-corrected chi connectivity index (χ3v) is 4.79. The minimum atomic E-state index is -0.750. The van der Waals surface area contributed by atoms with Crippen molar-refractivity contribution in [1.82, 2.24) is 9.97 Å². The van der Waals surface area contributed by atoms with E-state index in [2.05, 4.69) is 31.2 Å². The topological polar surface area (TPSA) is 73.3 Å². The Balaban J connectivity index is 1.53. The molecule has 0 aliphatic rings. The maximum absolute atomic E-state index is 14.3. The Kier molecular flexibility index (Phi) is 5.62. The quantitative estimate of drug-likeness (QED) is 0.458. The van der Waals surface area contributed by atoms with Crippen LogP contribution in [0.2, 0.25) is 0 Å². The van der Waals surface area contributed by atoms with Crippen molar-refractivity contribution in [2.75, 3.05) is 18.5 Å². The number of aromatic nitrogens is 2. The number of carbonyl (C=O) groups is 1. The van der Waals surface area contributed by atoms with Gasteiger partial charge in [0.25, 0.3) is 0 Å². The van der Waals surface area contributed by atoms with Gasteiger partial charge in [-0.1, -0.05) is 0 Å². The molecule has 6 nitrogen and oxygen atoms in total. The van der Waals surface area contributed by atoms with Crippen molar-refractivity contribution in [1.29, 1.82) is 0 Å². The lowest BCUT2D eigenvalue weighted by atomic mass is 10.2. The highest BCUT2D eigenvalue weighted by Gasteiger charge is 2.15. The summed E-state index contributed by atoms with van der Waals surface area (Å²) in [6.45, 7) is 1.50. The molecule has 0 atom stereocenters. The minimum absolute atomic E-state index is 0.0308. The molecule has 0 saturated heterocycles. The van der Waals surface area contributed by atoms with E-state index in [0.29, 0.717) is 20.7 Å². The van der Waals surface area contributed by atoms with Gasteiger partial charge in [0.15, 0.2) is 15.5 Å². The summed E-state index contributed by atoms with van der Waals surface area (Å²) in [5.74, 6) is -1.09. The number of halogens is 3. The number of carbonyl (C=O) groups excluding carboxylic acids is 1. The van der Waals surface area contributed by atoms with Crippen LogP contribution in [0.25, 0.3) is 10.2 Å². The van der Waals surface area contributed by atoms with E-state index in [1.807, 2.05) is 0 Å². The zero-order valence-corrected chi connectivity index (χ0v) is 15.8. The normalized spacial score (nSPS) is 10.8. The lowest BCUT2D eigenvalue weighted by molar-refractivity contribution is 0.136. The van der Waals surface area contributed by atoms with Crippen LogP contribution in [0.5, 0.6) is 5.75 Å². The van der Waals surface area contributed by atoms with Gasteiger partial charge in [-0.15, -0.1) is 11.3 Å². The van der Waals surface area contributed by atoms with Crippen LogP contribution in [-0.4, -0.2) is 29.3 Å². The molecule has 0 bridgehead atoms. The number of aryl methyl sites for hydroxylation is 1. The van der Waals surface area contributed by atoms with E-state index in [-0.39, 0.29) is 19.0 Å². The first-order valence-electron chi connectivity index (χ1n) is 7.37. The van der Waals surface area contributed by atoms with Gasteiger partial charge in [0.2, 0.25) is 5.95 Å². The number of hydrogen-bond acceptors (Lipinski definition) is 6. The van der Waals surface area contributed by atoms with Crippen LogP contribution in [0.3, 0.4) is 0 Å². The highest BCUT2D eigenvalue weighted by atomic mass is 79.9. The van der Waals surface area contributed by atoms with Crippen molar-refractivity contribution in [2.45, 2.75) is 6.92 Å². The number of fused-ring (bicyclic) bond motifs is 1. The Morgan fingerprint density at radius 1 is 1.35 bits per heavy atom. The van der Waals surface area contributed by atoms with E-state index in [4.69, 9.17) is 9.47 Å². The number of ether oxygens (including phenoxy) is 2. The molecule has 3 aromatic rings. The van der Waals surface area contributed by atoms with Gasteiger partial charge < -0.3 is 9.47 Å². The number of nitrogens with one attached hydrogen (secondary N) is 1. The molecule has 10 heteroatoms. The summed E-state index contributed by atoms with van der Waals surface area (Å²) in [6, 6.07) is 4.02. The fourth-order valence-electron chi connectivity index (χ4n) is 2.14. The smallest absolute Gasteiger partial charge is 0.411 e. The fraction of sp³-hybridized carbons (Fsp3) is 0.188. The van der Waals surface area contributed by atoms with Gasteiger partial charge in [0.05, 0.1) is 22.1 Å². The highest BCUT2D eigenvalue weighted by molar-refractivity contribution is 9.11. The van der Waals surface area contributed by atoms with Gasteiger partial charge >= 0.3 is 6.09 Å². The van der Waals surface area contributed by atoms with E-state index in [0.717, 1.165) is 17.0 Å². The molecule has 2 heterocycles. The Bertz CT molecular complexity index is 950. The van der Waals surface area contributed by atoms with E-state index in [9.17, 15) is 13.6 Å². The Labute approximate surface area is 159 Å². The van der Waals surface area contributed by atoms with Crippen LogP contribution in [0, 0.1) is 18.7 Å². The molecule has 0 fully saturated rings. The predicted octanol–water partition coefficient (Wildman–Crippen LogP) is 4.67. The average Bonchev–Trinajstić information content (AvgIpc) is 2.98. The molecule has 0 unspecified atom stereocenters. The SMILES string of the molecule is Cc1c(F)c(OCCOC(=O)Nc2ccc(F)nc2)cc2sc(Br)nc12. The summed E-state index contributed by atoms with van der Waals surface area (Å²) in [4.78, 5) is 19.2. The predicted molar refractivity (Wildman–Crippen MR) is 96.7 cm³/mol. The standard InChI is InChI=1S/C16H12BrF2N3O3S/c1-8-13(19)10(6-11-14(8)22-15(17)26-11)24-4-5-25-16(23)21-9-2-3-12(18)20-7-9/h2-3,6-7H,4-5H2,1H3,(H,21,23). The van der Waals surface area contributed by atoms with Crippen LogP contribution in [0.15, 0.2) is 28.3 Å². The second kappa shape index (κ2) is 7.92. The molecule has 3 rings (SSSR count). The Hall–Kier alpha value is -2.33. The van der Waals surface area contributed by atoms with Gasteiger partial charge in [-0.3, -0.25) is 5.32 Å². The second-order valence-corrected chi connectivity index (χ2v) is 7.41. The lowest BCUT2D eigenvalue weighted by Gasteiger charge is -2.10. The summed E-state index contributed by atoms with van der Waals surface area (Å²) in [5, 5.41) is 2.38. The molecule has 26 heavy (non-hydrogen) atoms. The third-order valence-electron chi connectivity index (χ3n) is 3.34. The zero-order chi connectivity index (χ0) is 18.7. The number of rotatable bonds is 5. The maximum atomic E-state index is 14.3. The highest BCUT2D eigenvalue weighted by Crippen LogP contribution is 2.34. The number of pyridine rings is 1. The zero-order valence-electron chi connectivity index (χ0n) is 13.4. The monoisotopic (exact) mass is 443 g/mol. The van der Waals surface area contributed by atoms with Crippen molar-refractivity contribution >= 4 is 49.3 Å². The number of benzene rings is 1. The van der Waals surface area contributed by atoms with Crippen molar-refractivity contribution in [3.63, 3.8) is 0 Å². The van der Waals surface area contributed by atoms with E-state index < -0.39 is 17.9 Å². The summed E-state index contributed by atoms with van der Waals surface area (Å²) >= 11 is 4.64. The molecule has 1 amide bonds.